The number of alkyl halides is 3. The fourth-order valence-electron chi connectivity index (χ4n) is 2.61. The third kappa shape index (κ3) is 2.70. The van der Waals surface area contributed by atoms with E-state index in [4.69, 9.17) is 0 Å². The van der Waals surface area contributed by atoms with Crippen molar-refractivity contribution in [2.75, 3.05) is 11.4 Å². The molecule has 0 saturated carbocycles. The zero-order valence-electron chi connectivity index (χ0n) is 11.4. The van der Waals surface area contributed by atoms with E-state index in [2.05, 4.69) is 15.1 Å². The molecule has 0 aliphatic carbocycles. The Hall–Kier alpha value is -2.12. The van der Waals surface area contributed by atoms with E-state index in [-0.39, 0.29) is 12.0 Å². The summed E-state index contributed by atoms with van der Waals surface area (Å²) in [5.74, 6) is 0.121. The van der Waals surface area contributed by atoms with E-state index in [1.54, 1.807) is 10.9 Å². The van der Waals surface area contributed by atoms with E-state index in [9.17, 15) is 13.2 Å². The quantitative estimate of drug-likeness (QED) is 0.854. The maximum absolute atomic E-state index is 12.8. The Kier molecular flexibility index (Phi) is 3.30. The van der Waals surface area contributed by atoms with Crippen LogP contribution < -0.4 is 4.90 Å². The molecule has 0 spiro atoms. The van der Waals surface area contributed by atoms with Crippen molar-refractivity contribution in [1.29, 1.82) is 0 Å². The normalized spacial score (nSPS) is 19.2. The van der Waals surface area contributed by atoms with Crippen LogP contribution in [0.5, 0.6) is 0 Å². The van der Waals surface area contributed by atoms with Crippen molar-refractivity contribution in [3.8, 4) is 0 Å². The first-order valence-corrected chi connectivity index (χ1v) is 6.60. The van der Waals surface area contributed by atoms with Gasteiger partial charge in [-0.1, -0.05) is 0 Å². The molecule has 1 fully saturated rings. The van der Waals surface area contributed by atoms with E-state index >= 15 is 0 Å². The van der Waals surface area contributed by atoms with Crippen LogP contribution in [-0.4, -0.2) is 26.3 Å². The summed E-state index contributed by atoms with van der Waals surface area (Å²) in [6.45, 7) is 0.640. The number of rotatable bonds is 2. The lowest BCUT2D eigenvalue weighted by molar-refractivity contribution is -0.141. The average Bonchev–Trinajstić information content (AvgIpc) is 3.06. The lowest BCUT2D eigenvalue weighted by atomic mass is 10.1. The van der Waals surface area contributed by atoms with Gasteiger partial charge in [0.15, 0.2) is 0 Å². The second-order valence-electron chi connectivity index (χ2n) is 5.04. The van der Waals surface area contributed by atoms with Gasteiger partial charge in [-0.25, -0.2) is 9.97 Å². The van der Waals surface area contributed by atoms with Gasteiger partial charge in [-0.3, -0.25) is 4.68 Å². The Morgan fingerprint density at radius 3 is 2.81 bits per heavy atom. The highest BCUT2D eigenvalue weighted by Crippen LogP contribution is 2.35. The van der Waals surface area contributed by atoms with Gasteiger partial charge in [0, 0.05) is 31.5 Å². The van der Waals surface area contributed by atoms with Crippen LogP contribution >= 0.6 is 0 Å². The third-order valence-electron chi connectivity index (χ3n) is 3.55. The standard InChI is InChI=1S/C13H14F3N5/c1-20-8-9(7-18-20)10-3-2-6-21(10)12-17-5-4-11(19-12)13(14,15)16/h4-5,7-8,10H,2-3,6H2,1H3/t10-/m1/s1. The summed E-state index contributed by atoms with van der Waals surface area (Å²) in [6.07, 6.45) is 2.04. The highest BCUT2D eigenvalue weighted by atomic mass is 19.4. The van der Waals surface area contributed by atoms with Crippen molar-refractivity contribution in [3.63, 3.8) is 0 Å². The number of halogens is 3. The Labute approximate surface area is 119 Å². The number of aromatic nitrogens is 4. The fourth-order valence-corrected chi connectivity index (χ4v) is 2.61. The molecule has 2 aromatic heterocycles. The van der Waals surface area contributed by atoms with Gasteiger partial charge in [-0.05, 0) is 18.9 Å². The summed E-state index contributed by atoms with van der Waals surface area (Å²) in [4.78, 5) is 9.49. The number of aryl methyl sites for hydroxylation is 1. The lowest BCUT2D eigenvalue weighted by Crippen LogP contribution is -2.25. The summed E-state index contributed by atoms with van der Waals surface area (Å²) in [5, 5.41) is 4.12. The minimum absolute atomic E-state index is 0.0258. The molecular weight excluding hydrogens is 283 g/mol. The Bertz CT molecular complexity index is 637. The maximum atomic E-state index is 12.8. The van der Waals surface area contributed by atoms with Crippen molar-refractivity contribution >= 4 is 5.95 Å². The van der Waals surface area contributed by atoms with Gasteiger partial charge in [-0.15, -0.1) is 0 Å². The molecule has 0 aromatic carbocycles. The van der Waals surface area contributed by atoms with E-state index in [0.29, 0.717) is 6.54 Å². The molecule has 21 heavy (non-hydrogen) atoms. The second kappa shape index (κ2) is 5.01. The van der Waals surface area contributed by atoms with Crippen LogP contribution in [0.25, 0.3) is 0 Å². The summed E-state index contributed by atoms with van der Waals surface area (Å²) >= 11 is 0. The molecule has 5 nitrogen and oxygen atoms in total. The molecule has 3 heterocycles. The summed E-state index contributed by atoms with van der Waals surface area (Å²) in [6, 6.07) is 0.862. The van der Waals surface area contributed by atoms with Gasteiger partial charge in [0.05, 0.1) is 12.2 Å². The minimum Gasteiger partial charge on any atom is -0.334 e. The Morgan fingerprint density at radius 2 is 2.14 bits per heavy atom. The zero-order valence-corrected chi connectivity index (χ0v) is 11.4. The van der Waals surface area contributed by atoms with Gasteiger partial charge in [0.25, 0.3) is 0 Å². The highest BCUT2D eigenvalue weighted by Gasteiger charge is 2.35. The molecule has 8 heteroatoms. The molecule has 3 rings (SSSR count). The van der Waals surface area contributed by atoms with Crippen LogP contribution in [0.3, 0.4) is 0 Å². The molecule has 0 bridgehead atoms. The van der Waals surface area contributed by atoms with Gasteiger partial charge in [0.2, 0.25) is 5.95 Å². The molecular formula is C13H14F3N5. The third-order valence-corrected chi connectivity index (χ3v) is 3.55. The summed E-state index contributed by atoms with van der Waals surface area (Å²) in [7, 11) is 1.81. The van der Waals surface area contributed by atoms with E-state index in [1.165, 1.54) is 0 Å². The van der Waals surface area contributed by atoms with Crippen molar-refractivity contribution in [3.05, 3.63) is 35.9 Å². The van der Waals surface area contributed by atoms with E-state index < -0.39 is 11.9 Å². The van der Waals surface area contributed by atoms with Crippen LogP contribution in [0.4, 0.5) is 19.1 Å². The van der Waals surface area contributed by atoms with Crippen LogP contribution in [0.15, 0.2) is 24.7 Å². The first kappa shape index (κ1) is 13.8. The lowest BCUT2D eigenvalue weighted by Gasteiger charge is -2.24. The first-order chi connectivity index (χ1) is 9.95. The topological polar surface area (TPSA) is 46.8 Å². The molecule has 0 amide bonds. The summed E-state index contributed by atoms with van der Waals surface area (Å²) < 4.78 is 39.9. The van der Waals surface area contributed by atoms with Crippen molar-refractivity contribution in [2.24, 2.45) is 7.05 Å². The second-order valence-corrected chi connectivity index (χ2v) is 5.04. The molecule has 1 atom stereocenters. The maximum Gasteiger partial charge on any atom is 0.433 e. The van der Waals surface area contributed by atoms with Gasteiger partial charge in [0.1, 0.15) is 5.69 Å². The SMILES string of the molecule is Cn1cc([C@H]2CCCN2c2nccc(C(F)(F)F)n2)cn1. The number of nitrogens with zero attached hydrogens (tertiary/aromatic N) is 5. The predicted octanol–water partition coefficient (Wildman–Crippen LogP) is 2.57. The molecule has 0 N–H and O–H groups in total. The molecule has 1 aliphatic rings. The molecule has 112 valence electrons. The monoisotopic (exact) mass is 297 g/mol. The van der Waals surface area contributed by atoms with E-state index in [1.807, 2.05) is 18.1 Å². The Balaban J connectivity index is 1.92. The largest absolute Gasteiger partial charge is 0.433 e. The molecule has 0 unspecified atom stereocenters. The first-order valence-electron chi connectivity index (χ1n) is 6.60. The molecule has 1 aliphatic heterocycles. The fraction of sp³-hybridized carbons (Fsp3) is 0.462. The number of anilines is 1. The Morgan fingerprint density at radius 1 is 1.33 bits per heavy atom. The molecule has 1 saturated heterocycles. The van der Waals surface area contributed by atoms with Gasteiger partial charge < -0.3 is 4.90 Å². The van der Waals surface area contributed by atoms with Crippen molar-refractivity contribution in [2.45, 2.75) is 25.1 Å². The number of hydrogen-bond acceptors (Lipinski definition) is 4. The van der Waals surface area contributed by atoms with Crippen LogP contribution in [0, 0.1) is 0 Å². The number of hydrogen-bond donors (Lipinski definition) is 0. The minimum atomic E-state index is -4.46. The van der Waals surface area contributed by atoms with Gasteiger partial charge in [-0.2, -0.15) is 18.3 Å². The van der Waals surface area contributed by atoms with Crippen LogP contribution in [-0.2, 0) is 13.2 Å². The van der Waals surface area contributed by atoms with Gasteiger partial charge >= 0.3 is 6.18 Å². The highest BCUT2D eigenvalue weighted by molar-refractivity contribution is 5.38. The van der Waals surface area contributed by atoms with Crippen molar-refractivity contribution < 1.29 is 13.2 Å². The smallest absolute Gasteiger partial charge is 0.334 e. The van der Waals surface area contributed by atoms with Crippen LogP contribution in [0.2, 0.25) is 0 Å². The summed E-state index contributed by atoms with van der Waals surface area (Å²) in [5.41, 5.74) is 0.0559. The van der Waals surface area contributed by atoms with Crippen molar-refractivity contribution in [1.82, 2.24) is 19.7 Å². The predicted molar refractivity (Wildman–Crippen MR) is 69.6 cm³/mol. The average molecular weight is 297 g/mol. The molecule has 2 aromatic rings. The van der Waals surface area contributed by atoms with Crippen LogP contribution in [0.1, 0.15) is 30.1 Å². The molecule has 0 radical (unpaired) electrons. The van der Waals surface area contributed by atoms with E-state index in [0.717, 1.165) is 30.7 Å². The zero-order chi connectivity index (χ0) is 15.0.